The molecule has 12 heteroatoms. The van der Waals surface area contributed by atoms with E-state index in [1.54, 1.807) is 36.7 Å². The van der Waals surface area contributed by atoms with Crippen LogP contribution in [0.15, 0.2) is 60.9 Å². The maximum Gasteiger partial charge on any atom is 0.229 e. The van der Waals surface area contributed by atoms with Crippen LogP contribution >= 0.6 is 11.6 Å². The molecule has 256 valence electrons. The molecule has 2 aromatic carbocycles. The van der Waals surface area contributed by atoms with Crippen molar-refractivity contribution in [1.29, 1.82) is 10.5 Å². The molecule has 50 heavy (non-hydrogen) atoms. The summed E-state index contributed by atoms with van der Waals surface area (Å²) in [4.78, 5) is 17.7. The summed E-state index contributed by atoms with van der Waals surface area (Å²) in [6.07, 6.45) is 8.66. The zero-order chi connectivity index (χ0) is 35.8. The number of nitrogens with one attached hydrogen (secondary N) is 4. The second-order valence-electron chi connectivity index (χ2n) is 10.7. The van der Waals surface area contributed by atoms with Gasteiger partial charge >= 0.3 is 0 Å². The van der Waals surface area contributed by atoms with Crippen LogP contribution in [0.1, 0.15) is 74.6 Å². The highest BCUT2D eigenvalue weighted by atomic mass is 35.5. The first kappa shape index (κ1) is 38.6. The van der Waals surface area contributed by atoms with Crippen molar-refractivity contribution in [3.63, 3.8) is 0 Å². The Bertz CT molecular complexity index is 1700. The van der Waals surface area contributed by atoms with Crippen molar-refractivity contribution < 1.29 is 0 Å². The lowest BCUT2D eigenvalue weighted by Crippen LogP contribution is -2.07. The fourth-order valence-electron chi connectivity index (χ4n) is 4.00. The minimum absolute atomic E-state index is 0.481. The van der Waals surface area contributed by atoms with Crippen molar-refractivity contribution in [2.75, 3.05) is 46.8 Å². The van der Waals surface area contributed by atoms with E-state index in [0.29, 0.717) is 47.1 Å². The molecular weight excluding hydrogens is 646 g/mol. The Hall–Kier alpha value is -5.85. The van der Waals surface area contributed by atoms with Gasteiger partial charge in [-0.3, -0.25) is 0 Å². The average molecular weight is 688 g/mol. The number of hydrogen-bond acceptors (Lipinski definition) is 11. The second kappa shape index (κ2) is 22.7. The number of alkyl halides is 1. The lowest BCUT2D eigenvalue weighted by atomic mass is 10.2. The first-order valence-corrected chi connectivity index (χ1v) is 17.1. The van der Waals surface area contributed by atoms with Gasteiger partial charge in [0.05, 0.1) is 46.8 Å². The predicted octanol–water partition coefficient (Wildman–Crippen LogP) is 7.29. The Kier molecular flexibility index (Phi) is 17.5. The van der Waals surface area contributed by atoms with Gasteiger partial charge in [-0.15, -0.1) is 11.6 Å². The Labute approximate surface area is 300 Å². The zero-order valence-electron chi connectivity index (χ0n) is 28.5. The molecule has 6 N–H and O–H groups in total. The van der Waals surface area contributed by atoms with Crippen LogP contribution in [0.5, 0.6) is 0 Å². The van der Waals surface area contributed by atoms with Gasteiger partial charge in [0.25, 0.3) is 0 Å². The van der Waals surface area contributed by atoms with Gasteiger partial charge < -0.3 is 27.0 Å². The van der Waals surface area contributed by atoms with E-state index >= 15 is 0 Å². The maximum atomic E-state index is 8.85. The van der Waals surface area contributed by atoms with Crippen molar-refractivity contribution >= 4 is 46.5 Å². The molecule has 0 fully saturated rings. The van der Waals surface area contributed by atoms with Gasteiger partial charge in [0.15, 0.2) is 0 Å². The number of aromatic nitrogens is 4. The number of anilines is 6. The highest BCUT2D eigenvalue weighted by molar-refractivity contribution is 6.17. The third-order valence-corrected chi connectivity index (χ3v) is 6.86. The molecule has 0 spiro atoms. The zero-order valence-corrected chi connectivity index (χ0v) is 29.2. The van der Waals surface area contributed by atoms with E-state index in [0.717, 1.165) is 74.1 Å². The van der Waals surface area contributed by atoms with Crippen molar-refractivity contribution in [1.82, 2.24) is 19.9 Å². The SMILES string of the molecule is CCCNc1nc(Nc2ccc(C#N)cc2)ncc1C#CCCCCl.CCCNc1nc(Nc2ccc(C#N)cc2)ncc1C#CCCCN. The Morgan fingerprint density at radius 3 is 1.50 bits per heavy atom. The molecule has 0 atom stereocenters. The van der Waals surface area contributed by atoms with Crippen molar-refractivity contribution in [2.24, 2.45) is 5.73 Å². The van der Waals surface area contributed by atoms with Crippen LogP contribution in [0.4, 0.5) is 34.9 Å². The largest absolute Gasteiger partial charge is 0.369 e. The monoisotopic (exact) mass is 687 g/mol. The Morgan fingerprint density at radius 1 is 0.680 bits per heavy atom. The third kappa shape index (κ3) is 13.7. The van der Waals surface area contributed by atoms with Gasteiger partial charge in [-0.25, -0.2) is 9.97 Å². The minimum Gasteiger partial charge on any atom is -0.369 e. The van der Waals surface area contributed by atoms with Gasteiger partial charge in [0.1, 0.15) is 11.6 Å². The molecule has 0 saturated carbocycles. The number of nitrogens with two attached hydrogens (primary N) is 1. The molecule has 0 aliphatic heterocycles. The average Bonchev–Trinajstić information content (AvgIpc) is 3.15. The predicted molar refractivity (Wildman–Crippen MR) is 203 cm³/mol. The molecule has 2 heterocycles. The van der Waals surface area contributed by atoms with Gasteiger partial charge in [-0.2, -0.15) is 20.5 Å². The van der Waals surface area contributed by atoms with Gasteiger partial charge in [-0.1, -0.05) is 37.5 Å². The Balaban J connectivity index is 0.000000270. The van der Waals surface area contributed by atoms with Crippen LogP contribution in [0.3, 0.4) is 0 Å². The summed E-state index contributed by atoms with van der Waals surface area (Å²) >= 11 is 5.67. The van der Waals surface area contributed by atoms with Crippen LogP contribution in [-0.2, 0) is 0 Å². The molecule has 4 aromatic rings. The summed E-state index contributed by atoms with van der Waals surface area (Å²) in [5, 5.41) is 30.5. The topological polar surface area (TPSA) is 173 Å². The van der Waals surface area contributed by atoms with Crippen LogP contribution in [0.25, 0.3) is 0 Å². The minimum atomic E-state index is 0.481. The molecule has 0 bridgehead atoms. The molecule has 4 rings (SSSR count). The number of halogens is 1. The fourth-order valence-corrected chi connectivity index (χ4v) is 4.13. The van der Waals surface area contributed by atoms with Gasteiger partial charge in [0, 0.05) is 43.2 Å². The van der Waals surface area contributed by atoms with Crippen molar-refractivity contribution in [2.45, 2.75) is 52.4 Å². The van der Waals surface area contributed by atoms with Gasteiger partial charge in [0.2, 0.25) is 11.9 Å². The van der Waals surface area contributed by atoms with Gasteiger partial charge in [-0.05, 0) is 80.8 Å². The molecule has 0 aliphatic carbocycles. The maximum absolute atomic E-state index is 8.85. The third-order valence-electron chi connectivity index (χ3n) is 6.59. The van der Waals surface area contributed by atoms with E-state index < -0.39 is 0 Å². The summed E-state index contributed by atoms with van der Waals surface area (Å²) in [6, 6.07) is 18.5. The lowest BCUT2D eigenvalue weighted by Gasteiger charge is -2.10. The summed E-state index contributed by atoms with van der Waals surface area (Å²) in [6.45, 7) is 6.45. The number of rotatable bonds is 14. The Morgan fingerprint density at radius 2 is 1.12 bits per heavy atom. The van der Waals surface area contributed by atoms with E-state index in [2.05, 4.69) is 90.9 Å². The summed E-state index contributed by atoms with van der Waals surface area (Å²) in [7, 11) is 0. The quantitative estimate of drug-likeness (QED) is 0.0512. The molecule has 11 nitrogen and oxygen atoms in total. The number of nitriles is 2. The first-order chi connectivity index (χ1) is 24.5. The first-order valence-electron chi connectivity index (χ1n) is 16.5. The number of unbranched alkanes of at least 4 members (excludes halogenated alkanes) is 2. The molecule has 0 aliphatic rings. The summed E-state index contributed by atoms with van der Waals surface area (Å²) in [5.41, 5.74) is 9.89. The highest BCUT2D eigenvalue weighted by Crippen LogP contribution is 2.19. The molecule has 0 radical (unpaired) electrons. The van der Waals surface area contributed by atoms with Crippen LogP contribution in [0.2, 0.25) is 0 Å². The van der Waals surface area contributed by atoms with E-state index in [1.165, 1.54) is 0 Å². The van der Waals surface area contributed by atoms with E-state index in [1.807, 2.05) is 24.3 Å². The van der Waals surface area contributed by atoms with Crippen molar-refractivity contribution in [3.05, 3.63) is 83.2 Å². The molecular formula is C38H42ClN11. The smallest absolute Gasteiger partial charge is 0.229 e. The molecule has 2 aromatic heterocycles. The van der Waals surface area contributed by atoms with Crippen LogP contribution in [-0.4, -0.2) is 45.5 Å². The lowest BCUT2D eigenvalue weighted by molar-refractivity contribution is 0.870. The van der Waals surface area contributed by atoms with E-state index in [4.69, 9.17) is 27.9 Å². The number of nitrogens with zero attached hydrogens (tertiary/aromatic N) is 6. The normalized spacial score (nSPS) is 9.64. The highest BCUT2D eigenvalue weighted by Gasteiger charge is 2.07. The summed E-state index contributed by atoms with van der Waals surface area (Å²) in [5.74, 6) is 15.4. The molecule has 0 unspecified atom stereocenters. The second-order valence-corrected chi connectivity index (χ2v) is 11.1. The van der Waals surface area contributed by atoms with E-state index in [-0.39, 0.29) is 0 Å². The standard InChI is InChI=1S/C19H20ClN5.C19H22N6/c2*1-2-12-22-18-16(6-4-3-5-11-20)14-23-19(25-18)24-17-9-7-15(13-21)8-10-17/h7-10,14H,2-3,5,11-12H2,1H3,(H2,22,23,24,25);7-10,14H,2-3,5,11-12,20H2,1H3,(H2,22,23,24,25). The van der Waals surface area contributed by atoms with Crippen molar-refractivity contribution in [3.8, 4) is 35.8 Å². The summed E-state index contributed by atoms with van der Waals surface area (Å²) < 4.78 is 0. The van der Waals surface area contributed by atoms with Crippen LogP contribution in [0, 0.1) is 46.3 Å². The number of benzene rings is 2. The van der Waals surface area contributed by atoms with Crippen LogP contribution < -0.4 is 27.0 Å². The fraction of sp³-hybridized carbons (Fsp3) is 0.316. The number of hydrogen-bond donors (Lipinski definition) is 5. The molecule has 0 amide bonds. The molecule has 0 saturated heterocycles. The van der Waals surface area contributed by atoms with E-state index in [9.17, 15) is 0 Å².